The molecular weight excluding hydrogens is 154 g/mol. The van der Waals surface area contributed by atoms with E-state index in [1.165, 1.54) is 0 Å². The van der Waals surface area contributed by atoms with Gasteiger partial charge in [0, 0.05) is 12.2 Å². The fourth-order valence-electron chi connectivity index (χ4n) is 0.868. The van der Waals surface area contributed by atoms with Crippen LogP contribution in [0.2, 0.25) is 0 Å². The van der Waals surface area contributed by atoms with Crippen LogP contribution in [0.5, 0.6) is 0 Å². The Morgan fingerprint density at radius 1 is 1.75 bits per heavy atom. The Kier molecular flexibility index (Phi) is 2.85. The molecule has 0 bridgehead atoms. The zero-order valence-corrected chi connectivity index (χ0v) is 7.24. The van der Waals surface area contributed by atoms with Gasteiger partial charge >= 0.3 is 0 Å². The lowest BCUT2D eigenvalue weighted by molar-refractivity contribution is -0.122. The summed E-state index contributed by atoms with van der Waals surface area (Å²) in [6, 6.07) is 0.185. The van der Waals surface area contributed by atoms with E-state index in [4.69, 9.17) is 0 Å². The first kappa shape index (κ1) is 8.77. The Balaban J connectivity index is 2.37. The molecule has 1 N–H and O–H groups in total. The van der Waals surface area contributed by atoms with Crippen LogP contribution in [0.15, 0.2) is 12.5 Å². The average molecular weight is 166 g/mol. The second-order valence-corrected chi connectivity index (χ2v) is 2.90. The molecule has 12 heavy (non-hydrogen) atoms. The number of aromatic nitrogens is 2. The third kappa shape index (κ3) is 2.74. The van der Waals surface area contributed by atoms with Gasteiger partial charge < -0.3 is 9.88 Å². The van der Waals surface area contributed by atoms with Crippen molar-refractivity contribution in [2.24, 2.45) is 0 Å². The van der Waals surface area contributed by atoms with E-state index in [-0.39, 0.29) is 11.9 Å². The van der Waals surface area contributed by atoms with E-state index in [0.717, 1.165) is 0 Å². The molecule has 4 heteroatoms. The summed E-state index contributed by atoms with van der Waals surface area (Å²) in [7, 11) is 0. The zero-order chi connectivity index (χ0) is 8.97. The van der Waals surface area contributed by atoms with E-state index >= 15 is 0 Å². The van der Waals surface area contributed by atoms with Gasteiger partial charge in [-0.1, -0.05) is 0 Å². The third-order valence-corrected chi connectivity index (χ3v) is 1.28. The molecule has 0 spiro atoms. The molecule has 65 valence electrons. The van der Waals surface area contributed by atoms with Gasteiger partial charge in [0.05, 0.1) is 6.33 Å². The Bertz CT molecular complexity index is 241. The van der Waals surface area contributed by atoms with Crippen LogP contribution < -0.4 is 5.32 Å². The molecule has 0 aromatic carbocycles. The number of carbonyl (C=O) groups is 1. The summed E-state index contributed by atoms with van der Waals surface area (Å²) in [5.74, 6) is -0.00333. The van der Waals surface area contributed by atoms with Crippen molar-refractivity contribution >= 4 is 5.91 Å². The minimum Gasteiger partial charge on any atom is -0.352 e. The normalized spacial score (nSPS) is 10.2. The van der Waals surface area contributed by atoms with Crippen molar-refractivity contribution in [3.63, 3.8) is 0 Å². The average Bonchev–Trinajstić information content (AvgIpc) is 2.37. The summed E-state index contributed by atoms with van der Waals surface area (Å²) >= 11 is 0. The van der Waals surface area contributed by atoms with Crippen molar-refractivity contribution in [3.05, 3.63) is 18.7 Å². The quantitative estimate of drug-likeness (QED) is 0.697. The number of hydrogen-bond acceptors (Lipinski definition) is 2. The summed E-state index contributed by atoms with van der Waals surface area (Å²) in [5, 5.41) is 2.78. The first-order chi connectivity index (χ1) is 5.68. The van der Waals surface area contributed by atoms with Gasteiger partial charge in [-0.05, 0) is 13.8 Å². The third-order valence-electron chi connectivity index (χ3n) is 1.28. The summed E-state index contributed by atoms with van der Waals surface area (Å²) < 4.78 is 1.68. The Morgan fingerprint density at radius 2 is 2.50 bits per heavy atom. The number of imidazole rings is 1. The second-order valence-electron chi connectivity index (χ2n) is 2.90. The van der Waals surface area contributed by atoms with Crippen LogP contribution in [0, 0.1) is 6.20 Å². The second kappa shape index (κ2) is 3.90. The molecule has 1 amide bonds. The van der Waals surface area contributed by atoms with E-state index in [2.05, 4.69) is 16.5 Å². The maximum Gasteiger partial charge on any atom is 0.240 e. The van der Waals surface area contributed by atoms with Crippen molar-refractivity contribution in [2.75, 3.05) is 0 Å². The lowest BCUT2D eigenvalue weighted by atomic mass is 10.4. The van der Waals surface area contributed by atoms with Crippen LogP contribution in [0.4, 0.5) is 0 Å². The lowest BCUT2D eigenvalue weighted by Crippen LogP contribution is -2.32. The molecule has 0 atom stereocenters. The molecule has 0 fully saturated rings. The highest BCUT2D eigenvalue weighted by molar-refractivity contribution is 5.75. The number of amides is 1. The summed E-state index contributed by atoms with van der Waals surface area (Å²) in [6.07, 6.45) is 5.83. The molecule has 0 aliphatic heterocycles. The molecule has 1 heterocycles. The van der Waals surface area contributed by atoms with Crippen LogP contribution in [0.3, 0.4) is 0 Å². The van der Waals surface area contributed by atoms with Crippen LogP contribution in [0.1, 0.15) is 13.8 Å². The highest BCUT2D eigenvalue weighted by Crippen LogP contribution is 1.85. The Hall–Kier alpha value is -1.32. The van der Waals surface area contributed by atoms with E-state index < -0.39 is 0 Å². The minimum absolute atomic E-state index is 0.00333. The molecule has 0 saturated heterocycles. The maximum absolute atomic E-state index is 11.1. The van der Waals surface area contributed by atoms with Gasteiger partial charge in [0.2, 0.25) is 5.91 Å². The smallest absolute Gasteiger partial charge is 0.240 e. The monoisotopic (exact) mass is 166 g/mol. The van der Waals surface area contributed by atoms with Gasteiger partial charge in [-0.15, -0.1) is 0 Å². The van der Waals surface area contributed by atoms with Crippen LogP contribution in [-0.4, -0.2) is 21.5 Å². The maximum atomic E-state index is 11.1. The predicted molar refractivity (Wildman–Crippen MR) is 44.3 cm³/mol. The number of rotatable bonds is 3. The first-order valence-corrected chi connectivity index (χ1v) is 3.85. The van der Waals surface area contributed by atoms with Gasteiger partial charge in [-0.25, -0.2) is 4.98 Å². The van der Waals surface area contributed by atoms with Gasteiger partial charge in [-0.2, -0.15) is 0 Å². The number of hydrogen-bond donors (Lipinski definition) is 1. The fourth-order valence-corrected chi connectivity index (χ4v) is 0.868. The van der Waals surface area contributed by atoms with E-state index in [1.54, 1.807) is 17.1 Å². The summed E-state index contributed by atoms with van der Waals surface area (Å²) in [4.78, 5) is 14.9. The number of nitrogens with zero attached hydrogens (tertiary/aromatic N) is 2. The Morgan fingerprint density at radius 3 is 3.00 bits per heavy atom. The lowest BCUT2D eigenvalue weighted by Gasteiger charge is -2.07. The van der Waals surface area contributed by atoms with Gasteiger partial charge in [0.15, 0.2) is 0 Å². The molecule has 1 rings (SSSR count). The molecule has 0 aliphatic rings. The molecule has 1 aromatic heterocycles. The fraction of sp³-hybridized carbons (Fsp3) is 0.500. The minimum atomic E-state index is -0.00333. The first-order valence-electron chi connectivity index (χ1n) is 3.85. The summed E-state index contributed by atoms with van der Waals surface area (Å²) in [6.45, 7) is 4.17. The van der Waals surface area contributed by atoms with Crippen LogP contribution in [0.25, 0.3) is 0 Å². The van der Waals surface area contributed by atoms with Gasteiger partial charge in [0.25, 0.3) is 0 Å². The van der Waals surface area contributed by atoms with Gasteiger partial charge in [0.1, 0.15) is 12.7 Å². The molecule has 1 aromatic rings. The highest BCUT2D eigenvalue weighted by atomic mass is 16.2. The van der Waals surface area contributed by atoms with E-state index in [1.807, 2.05) is 13.8 Å². The number of carbonyl (C=O) groups excluding carboxylic acids is 1. The van der Waals surface area contributed by atoms with E-state index in [0.29, 0.717) is 6.54 Å². The van der Waals surface area contributed by atoms with Crippen molar-refractivity contribution in [3.8, 4) is 0 Å². The highest BCUT2D eigenvalue weighted by Gasteiger charge is 2.02. The molecule has 0 aliphatic carbocycles. The van der Waals surface area contributed by atoms with Crippen LogP contribution >= 0.6 is 0 Å². The molecule has 1 radical (unpaired) electrons. The number of nitrogens with one attached hydrogen (secondary N) is 1. The standard InChI is InChI=1S/C8H12N3O/c1-7(2)10-8(12)5-11-4-3-9-6-11/h4,6-7H,5H2,1-2H3,(H,10,12). The van der Waals surface area contributed by atoms with Crippen molar-refractivity contribution in [2.45, 2.75) is 26.4 Å². The van der Waals surface area contributed by atoms with E-state index in [9.17, 15) is 4.79 Å². The largest absolute Gasteiger partial charge is 0.352 e. The van der Waals surface area contributed by atoms with Crippen molar-refractivity contribution < 1.29 is 4.79 Å². The zero-order valence-electron chi connectivity index (χ0n) is 7.24. The molecule has 0 unspecified atom stereocenters. The topological polar surface area (TPSA) is 46.9 Å². The molecule has 0 saturated carbocycles. The summed E-state index contributed by atoms with van der Waals surface area (Å²) in [5.41, 5.74) is 0. The molecular formula is C8H12N3O. The Labute approximate surface area is 71.6 Å². The van der Waals surface area contributed by atoms with Crippen molar-refractivity contribution in [1.29, 1.82) is 0 Å². The van der Waals surface area contributed by atoms with Gasteiger partial charge in [-0.3, -0.25) is 4.79 Å². The van der Waals surface area contributed by atoms with Crippen LogP contribution in [-0.2, 0) is 11.3 Å². The van der Waals surface area contributed by atoms with Crippen molar-refractivity contribution in [1.82, 2.24) is 14.9 Å². The predicted octanol–water partition coefficient (Wildman–Crippen LogP) is 0.208. The SMILES string of the molecule is CC(C)NC(=O)Cn1c[c]nc1. The molecule has 4 nitrogen and oxygen atoms in total.